The number of rotatable bonds is 14. The minimum absolute atomic E-state index is 0.0476. The van der Waals surface area contributed by atoms with E-state index in [4.69, 9.17) is 14.2 Å². The molecule has 0 aromatic heterocycles. The van der Waals surface area contributed by atoms with Crippen LogP contribution in [-0.2, 0) is 19.1 Å². The molecule has 2 fully saturated rings. The van der Waals surface area contributed by atoms with Gasteiger partial charge in [-0.15, -0.1) is 0 Å². The molecule has 0 bridgehead atoms. The lowest BCUT2D eigenvalue weighted by atomic mass is 9.86. The standard InChI is InChI=1S/C35H57N3O6/c1-23(2)17-28(18-24(3)4)36-32(39)26-19-27(22-37(21-26)34(41)44-35(6,7)8)33(40)38(29-13-14-29)30-12-11-25(5)31(20-30)43-16-10-15-42-9/h11-12,20,23-24,26-29H,10,13-19,21-22H2,1-9H3,(H,36,39)/t26-,27+/m0/s1. The van der Waals surface area contributed by atoms with Gasteiger partial charge in [-0.05, 0) is 83.3 Å². The van der Waals surface area contributed by atoms with Gasteiger partial charge in [0.2, 0.25) is 11.8 Å². The highest BCUT2D eigenvalue weighted by atomic mass is 16.6. The van der Waals surface area contributed by atoms with Crippen molar-refractivity contribution in [3.05, 3.63) is 23.8 Å². The molecule has 3 amide bonds. The largest absolute Gasteiger partial charge is 0.493 e. The maximum Gasteiger partial charge on any atom is 0.410 e. The third kappa shape index (κ3) is 11.0. The van der Waals surface area contributed by atoms with E-state index >= 15 is 0 Å². The van der Waals surface area contributed by atoms with E-state index < -0.39 is 23.5 Å². The fourth-order valence-corrected chi connectivity index (χ4v) is 5.94. The highest BCUT2D eigenvalue weighted by Gasteiger charge is 2.43. The maximum atomic E-state index is 14.4. The molecule has 3 rings (SSSR count). The van der Waals surface area contributed by atoms with Gasteiger partial charge in [-0.1, -0.05) is 33.8 Å². The summed E-state index contributed by atoms with van der Waals surface area (Å²) in [4.78, 5) is 44.9. The summed E-state index contributed by atoms with van der Waals surface area (Å²) >= 11 is 0. The molecule has 1 N–H and O–H groups in total. The lowest BCUT2D eigenvalue weighted by Crippen LogP contribution is -2.54. The molecular weight excluding hydrogens is 558 g/mol. The van der Waals surface area contributed by atoms with E-state index in [1.54, 1.807) is 12.0 Å². The van der Waals surface area contributed by atoms with E-state index in [1.807, 2.05) is 50.8 Å². The Morgan fingerprint density at radius 3 is 2.20 bits per heavy atom. The van der Waals surface area contributed by atoms with Crippen molar-refractivity contribution in [1.29, 1.82) is 0 Å². The van der Waals surface area contributed by atoms with Gasteiger partial charge in [-0.2, -0.15) is 0 Å². The molecule has 0 unspecified atom stereocenters. The fraction of sp³-hybridized carbons (Fsp3) is 0.743. The van der Waals surface area contributed by atoms with Gasteiger partial charge >= 0.3 is 6.09 Å². The van der Waals surface area contributed by atoms with Crippen molar-refractivity contribution in [2.24, 2.45) is 23.7 Å². The summed E-state index contributed by atoms with van der Waals surface area (Å²) < 4.78 is 16.9. The first kappa shape index (κ1) is 35.7. The van der Waals surface area contributed by atoms with Gasteiger partial charge in [0.15, 0.2) is 0 Å². The minimum Gasteiger partial charge on any atom is -0.493 e. The highest BCUT2D eigenvalue weighted by molar-refractivity contribution is 5.97. The van der Waals surface area contributed by atoms with E-state index in [0.29, 0.717) is 31.5 Å². The summed E-state index contributed by atoms with van der Waals surface area (Å²) in [5.74, 6) is 0.423. The maximum absolute atomic E-state index is 14.4. The zero-order chi connectivity index (χ0) is 32.6. The molecule has 1 aliphatic heterocycles. The summed E-state index contributed by atoms with van der Waals surface area (Å²) in [6.45, 7) is 17.7. The van der Waals surface area contributed by atoms with Crippen molar-refractivity contribution >= 4 is 23.6 Å². The number of hydrogen-bond donors (Lipinski definition) is 1. The van der Waals surface area contributed by atoms with E-state index in [1.165, 1.54) is 0 Å². The molecule has 1 saturated carbocycles. The van der Waals surface area contributed by atoms with Gasteiger partial charge < -0.3 is 29.3 Å². The van der Waals surface area contributed by atoms with Crippen LogP contribution in [0.2, 0.25) is 0 Å². The molecule has 248 valence electrons. The Balaban J connectivity index is 1.86. The van der Waals surface area contributed by atoms with Gasteiger partial charge in [0.05, 0.1) is 18.4 Å². The summed E-state index contributed by atoms with van der Waals surface area (Å²) in [6, 6.07) is 6.04. The van der Waals surface area contributed by atoms with Crippen LogP contribution in [0.25, 0.3) is 0 Å². The van der Waals surface area contributed by atoms with Crippen molar-refractivity contribution < 1.29 is 28.6 Å². The zero-order valence-electron chi connectivity index (χ0n) is 28.6. The molecule has 0 spiro atoms. The second-order valence-corrected chi connectivity index (χ2v) is 14.6. The predicted octanol–water partition coefficient (Wildman–Crippen LogP) is 6.36. The third-order valence-corrected chi connectivity index (χ3v) is 8.03. The number of methoxy groups -OCH3 is 1. The molecular formula is C35H57N3O6. The van der Waals surface area contributed by atoms with Crippen molar-refractivity contribution in [2.45, 2.75) is 112 Å². The van der Waals surface area contributed by atoms with Crippen LogP contribution >= 0.6 is 0 Å². The van der Waals surface area contributed by atoms with Crippen LogP contribution in [0.1, 0.15) is 92.6 Å². The van der Waals surface area contributed by atoms with Crippen LogP contribution in [0, 0.1) is 30.6 Å². The number of piperidine rings is 1. The molecule has 1 aliphatic carbocycles. The molecule has 2 aliphatic rings. The normalized spacial score (nSPS) is 19.0. The number of aryl methyl sites for hydroxylation is 1. The smallest absolute Gasteiger partial charge is 0.410 e. The van der Waals surface area contributed by atoms with Crippen LogP contribution < -0.4 is 15.0 Å². The number of benzene rings is 1. The predicted molar refractivity (Wildman–Crippen MR) is 174 cm³/mol. The molecule has 2 atom stereocenters. The second-order valence-electron chi connectivity index (χ2n) is 14.6. The van der Waals surface area contributed by atoms with Crippen LogP contribution in [0.3, 0.4) is 0 Å². The first-order valence-electron chi connectivity index (χ1n) is 16.5. The van der Waals surface area contributed by atoms with E-state index in [2.05, 4.69) is 33.0 Å². The SMILES string of the molecule is COCCCOc1cc(N(C(=O)[C@@H]2C[C@H](C(=O)NC(CC(C)C)CC(C)C)CN(C(=O)OC(C)(C)C)C2)C2CC2)ccc1C. The molecule has 1 saturated heterocycles. The van der Waals surface area contributed by atoms with Crippen molar-refractivity contribution in [1.82, 2.24) is 10.2 Å². The Kier molecular flexibility index (Phi) is 12.9. The average Bonchev–Trinajstić information content (AvgIpc) is 3.76. The zero-order valence-corrected chi connectivity index (χ0v) is 28.6. The number of carbonyl (C=O) groups is 3. The molecule has 9 heteroatoms. The summed E-state index contributed by atoms with van der Waals surface area (Å²) in [5, 5.41) is 3.29. The lowest BCUT2D eigenvalue weighted by molar-refractivity contribution is -0.131. The van der Waals surface area contributed by atoms with E-state index in [9.17, 15) is 14.4 Å². The van der Waals surface area contributed by atoms with Crippen LogP contribution in [0.4, 0.5) is 10.5 Å². The monoisotopic (exact) mass is 615 g/mol. The van der Waals surface area contributed by atoms with Crippen LogP contribution in [0.5, 0.6) is 5.75 Å². The van der Waals surface area contributed by atoms with E-state index in [-0.39, 0.29) is 37.0 Å². The minimum atomic E-state index is -0.687. The fourth-order valence-electron chi connectivity index (χ4n) is 5.94. The average molecular weight is 616 g/mol. The van der Waals surface area contributed by atoms with Crippen molar-refractivity contribution in [3.63, 3.8) is 0 Å². The Labute approximate surface area is 265 Å². The topological polar surface area (TPSA) is 97.4 Å². The molecule has 9 nitrogen and oxygen atoms in total. The molecule has 1 aromatic carbocycles. The summed E-state index contributed by atoms with van der Waals surface area (Å²) in [5.41, 5.74) is 1.10. The number of anilines is 1. The highest BCUT2D eigenvalue weighted by Crippen LogP contribution is 2.37. The first-order valence-corrected chi connectivity index (χ1v) is 16.5. The third-order valence-electron chi connectivity index (χ3n) is 8.03. The summed E-state index contributed by atoms with van der Waals surface area (Å²) in [7, 11) is 1.67. The summed E-state index contributed by atoms with van der Waals surface area (Å²) in [6.07, 6.45) is 4.27. The Hall–Kier alpha value is -2.81. The number of amides is 3. The molecule has 0 radical (unpaired) electrons. The van der Waals surface area contributed by atoms with Gasteiger partial charge in [0, 0.05) is 57.1 Å². The lowest BCUT2D eigenvalue weighted by Gasteiger charge is -2.39. The number of carbonyl (C=O) groups excluding carboxylic acids is 3. The second kappa shape index (κ2) is 16.0. The number of hydrogen-bond acceptors (Lipinski definition) is 6. The van der Waals surface area contributed by atoms with Crippen molar-refractivity contribution in [3.8, 4) is 5.75 Å². The first-order chi connectivity index (χ1) is 20.7. The van der Waals surface area contributed by atoms with E-state index in [0.717, 1.165) is 49.1 Å². The Morgan fingerprint density at radius 1 is 1.00 bits per heavy atom. The number of nitrogens with zero attached hydrogens (tertiary/aromatic N) is 2. The molecule has 44 heavy (non-hydrogen) atoms. The van der Waals surface area contributed by atoms with Crippen LogP contribution in [0.15, 0.2) is 18.2 Å². The van der Waals surface area contributed by atoms with Crippen molar-refractivity contribution in [2.75, 3.05) is 38.3 Å². The number of ether oxygens (including phenoxy) is 3. The quantitative estimate of drug-likeness (QED) is 0.245. The number of nitrogens with one attached hydrogen (secondary N) is 1. The number of likely N-dealkylation sites (tertiary alicyclic amines) is 1. The molecule has 1 aromatic rings. The van der Waals surface area contributed by atoms with Gasteiger partial charge in [-0.3, -0.25) is 9.59 Å². The Bertz CT molecular complexity index is 1100. The Morgan fingerprint density at radius 2 is 1.64 bits per heavy atom. The van der Waals surface area contributed by atoms with Gasteiger partial charge in [-0.25, -0.2) is 4.79 Å². The van der Waals surface area contributed by atoms with Gasteiger partial charge in [0.1, 0.15) is 11.4 Å². The molecule has 1 heterocycles. The van der Waals surface area contributed by atoms with Gasteiger partial charge in [0.25, 0.3) is 0 Å². The van der Waals surface area contributed by atoms with Crippen LogP contribution in [-0.4, -0.2) is 73.9 Å².